The summed E-state index contributed by atoms with van der Waals surface area (Å²) in [6, 6.07) is 9.67. The van der Waals surface area contributed by atoms with Gasteiger partial charge in [0.1, 0.15) is 5.15 Å². The highest BCUT2D eigenvalue weighted by molar-refractivity contribution is 6.30. The highest BCUT2D eigenvalue weighted by Crippen LogP contribution is 2.26. The number of halogens is 1. The molecule has 0 atom stereocenters. The first-order valence-corrected chi connectivity index (χ1v) is 7.09. The molecule has 1 aliphatic rings. The van der Waals surface area contributed by atoms with Crippen molar-refractivity contribution in [3.8, 4) is 11.4 Å². The van der Waals surface area contributed by atoms with E-state index in [-0.39, 0.29) is 5.91 Å². The predicted octanol–water partition coefficient (Wildman–Crippen LogP) is 2.87. The van der Waals surface area contributed by atoms with Crippen molar-refractivity contribution in [3.63, 3.8) is 0 Å². The van der Waals surface area contributed by atoms with Crippen LogP contribution in [-0.2, 0) is 17.8 Å². The lowest BCUT2D eigenvalue weighted by atomic mass is 10.1. The van der Waals surface area contributed by atoms with E-state index in [1.165, 1.54) is 6.08 Å². The molecule has 0 saturated carbocycles. The molecule has 21 heavy (non-hydrogen) atoms. The van der Waals surface area contributed by atoms with Crippen LogP contribution < -0.4 is 0 Å². The number of hydrogen-bond acceptors (Lipinski definition) is 3. The van der Waals surface area contributed by atoms with Gasteiger partial charge in [-0.3, -0.25) is 4.79 Å². The smallest absolute Gasteiger partial charge is 0.246 e. The molecule has 3 rings (SSSR count). The Balaban J connectivity index is 2.00. The number of amides is 1. The largest absolute Gasteiger partial charge is 0.333 e. The van der Waals surface area contributed by atoms with Crippen LogP contribution in [0, 0.1) is 0 Å². The molecule has 0 radical (unpaired) electrons. The molecular formula is C16H14ClN3O. The van der Waals surface area contributed by atoms with Gasteiger partial charge in [0.25, 0.3) is 0 Å². The molecule has 4 nitrogen and oxygen atoms in total. The molecule has 1 aliphatic heterocycles. The zero-order valence-corrected chi connectivity index (χ0v) is 12.2. The van der Waals surface area contributed by atoms with Crippen molar-refractivity contribution in [3.05, 3.63) is 59.4 Å². The zero-order valence-electron chi connectivity index (χ0n) is 11.4. The fraction of sp³-hybridized carbons (Fsp3) is 0.188. The van der Waals surface area contributed by atoms with Crippen molar-refractivity contribution in [2.24, 2.45) is 0 Å². The van der Waals surface area contributed by atoms with Crippen LogP contribution in [0.3, 0.4) is 0 Å². The van der Waals surface area contributed by atoms with Crippen molar-refractivity contribution in [2.45, 2.75) is 13.0 Å². The lowest BCUT2D eigenvalue weighted by Crippen LogP contribution is -2.35. The Hall–Kier alpha value is -2.20. The van der Waals surface area contributed by atoms with Crippen molar-refractivity contribution in [2.75, 3.05) is 6.54 Å². The van der Waals surface area contributed by atoms with Gasteiger partial charge in [-0.2, -0.15) is 0 Å². The minimum Gasteiger partial charge on any atom is -0.333 e. The summed E-state index contributed by atoms with van der Waals surface area (Å²) in [5.74, 6) is 0.504. The van der Waals surface area contributed by atoms with E-state index in [0.717, 1.165) is 16.8 Å². The summed E-state index contributed by atoms with van der Waals surface area (Å²) in [4.78, 5) is 22.4. The van der Waals surface area contributed by atoms with Gasteiger partial charge in [0.15, 0.2) is 5.82 Å². The molecule has 1 amide bonds. The van der Waals surface area contributed by atoms with Gasteiger partial charge in [-0.15, -0.1) is 0 Å². The number of hydrogen-bond donors (Lipinski definition) is 0. The summed E-state index contributed by atoms with van der Waals surface area (Å²) < 4.78 is 0. The number of carbonyl (C=O) groups excluding carboxylic acids is 1. The Labute approximate surface area is 128 Å². The minimum absolute atomic E-state index is 0.0864. The van der Waals surface area contributed by atoms with E-state index in [2.05, 4.69) is 16.5 Å². The van der Waals surface area contributed by atoms with Crippen LogP contribution in [-0.4, -0.2) is 27.3 Å². The van der Waals surface area contributed by atoms with E-state index in [1.807, 2.05) is 30.3 Å². The maximum Gasteiger partial charge on any atom is 0.246 e. The highest BCUT2D eigenvalue weighted by Gasteiger charge is 2.23. The Kier molecular flexibility index (Phi) is 3.71. The molecule has 0 saturated heterocycles. The Bertz CT molecular complexity index is 700. The SMILES string of the molecule is C=CC(=O)N1CCc2c(Cl)nc(-c3ccccc3)nc2C1. The van der Waals surface area contributed by atoms with Crippen LogP contribution >= 0.6 is 11.6 Å². The van der Waals surface area contributed by atoms with Crippen LogP contribution in [0.1, 0.15) is 11.3 Å². The van der Waals surface area contributed by atoms with Gasteiger partial charge in [-0.05, 0) is 12.5 Å². The number of aromatic nitrogens is 2. The summed E-state index contributed by atoms with van der Waals surface area (Å²) in [7, 11) is 0. The standard InChI is InChI=1S/C16H14ClN3O/c1-2-14(21)20-9-8-12-13(10-20)18-16(19-15(12)17)11-6-4-3-5-7-11/h2-7H,1,8-10H2. The van der Waals surface area contributed by atoms with Gasteiger partial charge in [0, 0.05) is 17.7 Å². The predicted molar refractivity (Wildman–Crippen MR) is 81.8 cm³/mol. The van der Waals surface area contributed by atoms with Gasteiger partial charge in [0.05, 0.1) is 12.2 Å². The fourth-order valence-electron chi connectivity index (χ4n) is 2.42. The van der Waals surface area contributed by atoms with E-state index < -0.39 is 0 Å². The number of rotatable bonds is 2. The monoisotopic (exact) mass is 299 g/mol. The van der Waals surface area contributed by atoms with Gasteiger partial charge in [-0.25, -0.2) is 9.97 Å². The van der Waals surface area contributed by atoms with Crippen LogP contribution in [0.5, 0.6) is 0 Å². The van der Waals surface area contributed by atoms with Crippen molar-refractivity contribution in [1.29, 1.82) is 0 Å². The molecular weight excluding hydrogens is 286 g/mol. The molecule has 2 aromatic rings. The first kappa shape index (κ1) is 13.8. The average Bonchev–Trinajstić information content (AvgIpc) is 2.54. The number of benzene rings is 1. The van der Waals surface area contributed by atoms with Crippen molar-refractivity contribution in [1.82, 2.24) is 14.9 Å². The lowest BCUT2D eigenvalue weighted by Gasteiger charge is -2.27. The van der Waals surface area contributed by atoms with E-state index in [4.69, 9.17) is 11.6 Å². The van der Waals surface area contributed by atoms with Gasteiger partial charge >= 0.3 is 0 Å². The van der Waals surface area contributed by atoms with Crippen molar-refractivity contribution >= 4 is 17.5 Å². The molecule has 0 unspecified atom stereocenters. The molecule has 2 heterocycles. The molecule has 0 aliphatic carbocycles. The number of carbonyl (C=O) groups is 1. The lowest BCUT2D eigenvalue weighted by molar-refractivity contribution is -0.126. The molecule has 0 spiro atoms. The summed E-state index contributed by atoms with van der Waals surface area (Å²) in [5, 5.41) is 0.476. The molecule has 0 N–H and O–H groups in total. The third kappa shape index (κ3) is 2.67. The van der Waals surface area contributed by atoms with E-state index >= 15 is 0 Å². The first-order valence-electron chi connectivity index (χ1n) is 6.71. The third-order valence-electron chi connectivity index (χ3n) is 3.53. The maximum absolute atomic E-state index is 11.7. The number of nitrogens with zero attached hydrogens (tertiary/aromatic N) is 3. The van der Waals surface area contributed by atoms with E-state index in [1.54, 1.807) is 4.90 Å². The molecule has 5 heteroatoms. The number of fused-ring (bicyclic) bond motifs is 1. The summed E-state index contributed by atoms with van der Waals surface area (Å²) in [5.41, 5.74) is 2.66. The second-order valence-electron chi connectivity index (χ2n) is 4.84. The van der Waals surface area contributed by atoms with Crippen LogP contribution in [0.2, 0.25) is 5.15 Å². The fourth-order valence-corrected chi connectivity index (χ4v) is 2.70. The van der Waals surface area contributed by atoms with Crippen molar-refractivity contribution < 1.29 is 4.79 Å². The molecule has 106 valence electrons. The Morgan fingerprint density at radius 1 is 1.29 bits per heavy atom. The maximum atomic E-state index is 11.7. The summed E-state index contributed by atoms with van der Waals surface area (Å²) in [6.07, 6.45) is 1.99. The van der Waals surface area contributed by atoms with E-state index in [9.17, 15) is 4.79 Å². The molecule has 0 bridgehead atoms. The van der Waals surface area contributed by atoms with Gasteiger partial charge < -0.3 is 4.90 Å². The van der Waals surface area contributed by atoms with Crippen LogP contribution in [0.25, 0.3) is 11.4 Å². The normalized spacial score (nSPS) is 13.7. The second-order valence-corrected chi connectivity index (χ2v) is 5.20. The minimum atomic E-state index is -0.0864. The topological polar surface area (TPSA) is 46.1 Å². The quantitative estimate of drug-likeness (QED) is 0.633. The first-order chi connectivity index (χ1) is 10.2. The molecule has 1 aromatic carbocycles. The van der Waals surface area contributed by atoms with Crippen LogP contribution in [0.4, 0.5) is 0 Å². The highest BCUT2D eigenvalue weighted by atomic mass is 35.5. The average molecular weight is 300 g/mol. The van der Waals surface area contributed by atoms with E-state index in [0.29, 0.717) is 30.5 Å². The summed E-state index contributed by atoms with van der Waals surface area (Å²) in [6.45, 7) is 4.59. The van der Waals surface area contributed by atoms with Gasteiger partial charge in [0.2, 0.25) is 5.91 Å². The molecule has 0 fully saturated rings. The second kappa shape index (κ2) is 5.66. The van der Waals surface area contributed by atoms with Gasteiger partial charge in [-0.1, -0.05) is 48.5 Å². The Morgan fingerprint density at radius 2 is 2.05 bits per heavy atom. The third-order valence-corrected chi connectivity index (χ3v) is 3.85. The Morgan fingerprint density at radius 3 is 2.76 bits per heavy atom. The zero-order chi connectivity index (χ0) is 14.8. The van der Waals surface area contributed by atoms with Crippen LogP contribution in [0.15, 0.2) is 43.0 Å². The summed E-state index contributed by atoms with van der Waals surface area (Å²) >= 11 is 6.28. The molecule has 1 aromatic heterocycles.